The SMILES string of the molecule is FC(F)c1cccc2sccc12. The molecule has 62 valence electrons. The molecule has 2 rings (SSSR count). The highest BCUT2D eigenvalue weighted by Crippen LogP contribution is 2.30. The van der Waals surface area contributed by atoms with Crippen LogP contribution in [0.2, 0.25) is 0 Å². The minimum absolute atomic E-state index is 0.133. The minimum atomic E-state index is -2.37. The summed E-state index contributed by atoms with van der Waals surface area (Å²) in [7, 11) is 0. The summed E-state index contributed by atoms with van der Waals surface area (Å²) in [4.78, 5) is 0. The van der Waals surface area contributed by atoms with Crippen LogP contribution in [0.1, 0.15) is 12.0 Å². The Morgan fingerprint density at radius 1 is 1.17 bits per heavy atom. The van der Waals surface area contributed by atoms with Crippen molar-refractivity contribution in [2.24, 2.45) is 0 Å². The van der Waals surface area contributed by atoms with Gasteiger partial charge in [0.25, 0.3) is 6.43 Å². The third kappa shape index (κ3) is 1.10. The quantitative estimate of drug-likeness (QED) is 0.631. The van der Waals surface area contributed by atoms with Crippen LogP contribution >= 0.6 is 11.3 Å². The van der Waals surface area contributed by atoms with Gasteiger partial charge in [0.2, 0.25) is 0 Å². The second-order valence-electron chi connectivity index (χ2n) is 2.48. The fourth-order valence-electron chi connectivity index (χ4n) is 1.21. The van der Waals surface area contributed by atoms with Gasteiger partial charge in [0.05, 0.1) is 0 Å². The first-order chi connectivity index (χ1) is 5.79. The Balaban J connectivity index is 2.73. The van der Waals surface area contributed by atoms with E-state index >= 15 is 0 Å². The van der Waals surface area contributed by atoms with Gasteiger partial charge in [-0.05, 0) is 17.5 Å². The highest BCUT2D eigenvalue weighted by atomic mass is 32.1. The van der Waals surface area contributed by atoms with Gasteiger partial charge in [-0.3, -0.25) is 0 Å². The number of thiophene rings is 1. The molecule has 0 aliphatic carbocycles. The highest BCUT2D eigenvalue weighted by Gasteiger charge is 2.10. The van der Waals surface area contributed by atoms with Crippen molar-refractivity contribution in [1.29, 1.82) is 0 Å². The molecule has 1 aromatic carbocycles. The smallest absolute Gasteiger partial charge is 0.205 e. The maximum Gasteiger partial charge on any atom is 0.264 e. The average molecular weight is 184 g/mol. The topological polar surface area (TPSA) is 0 Å². The third-order valence-electron chi connectivity index (χ3n) is 1.76. The number of alkyl halides is 2. The van der Waals surface area contributed by atoms with Crippen molar-refractivity contribution in [2.45, 2.75) is 6.43 Å². The summed E-state index contributed by atoms with van der Waals surface area (Å²) in [5, 5.41) is 2.51. The summed E-state index contributed by atoms with van der Waals surface area (Å²) < 4.78 is 25.7. The molecule has 0 nitrogen and oxygen atoms in total. The maximum absolute atomic E-state index is 12.4. The monoisotopic (exact) mass is 184 g/mol. The molecule has 0 amide bonds. The molecule has 12 heavy (non-hydrogen) atoms. The van der Waals surface area contributed by atoms with E-state index in [1.807, 2.05) is 11.4 Å². The molecular formula is C9H6F2S. The second-order valence-corrected chi connectivity index (χ2v) is 3.43. The van der Waals surface area contributed by atoms with Crippen molar-refractivity contribution >= 4 is 21.4 Å². The van der Waals surface area contributed by atoms with E-state index in [9.17, 15) is 8.78 Å². The fraction of sp³-hybridized carbons (Fsp3) is 0.111. The Morgan fingerprint density at radius 2 is 2.00 bits per heavy atom. The zero-order chi connectivity index (χ0) is 8.55. The van der Waals surface area contributed by atoms with Crippen LogP contribution < -0.4 is 0 Å². The summed E-state index contributed by atoms with van der Waals surface area (Å²) in [5.41, 5.74) is 0.133. The number of rotatable bonds is 1. The molecule has 0 aliphatic heterocycles. The number of benzene rings is 1. The molecule has 1 heterocycles. The zero-order valence-electron chi connectivity index (χ0n) is 6.13. The van der Waals surface area contributed by atoms with Crippen molar-refractivity contribution in [2.75, 3.05) is 0 Å². The van der Waals surface area contributed by atoms with Crippen molar-refractivity contribution in [3.63, 3.8) is 0 Å². The Kier molecular flexibility index (Phi) is 1.81. The largest absolute Gasteiger partial charge is 0.264 e. The first kappa shape index (κ1) is 7.68. The summed E-state index contributed by atoms with van der Waals surface area (Å²) in [6.07, 6.45) is -2.37. The lowest BCUT2D eigenvalue weighted by atomic mass is 10.1. The lowest BCUT2D eigenvalue weighted by Crippen LogP contribution is -1.82. The van der Waals surface area contributed by atoms with Gasteiger partial charge in [0, 0.05) is 15.6 Å². The van der Waals surface area contributed by atoms with E-state index in [2.05, 4.69) is 0 Å². The van der Waals surface area contributed by atoms with E-state index in [4.69, 9.17) is 0 Å². The molecule has 0 atom stereocenters. The van der Waals surface area contributed by atoms with E-state index in [-0.39, 0.29) is 5.56 Å². The molecular weight excluding hydrogens is 178 g/mol. The number of hydrogen-bond donors (Lipinski definition) is 0. The van der Waals surface area contributed by atoms with Crippen LogP contribution in [0.4, 0.5) is 8.78 Å². The summed E-state index contributed by atoms with van der Waals surface area (Å²) in [5.74, 6) is 0. The number of hydrogen-bond acceptors (Lipinski definition) is 1. The summed E-state index contributed by atoms with van der Waals surface area (Å²) >= 11 is 1.49. The predicted molar refractivity (Wildman–Crippen MR) is 46.8 cm³/mol. The molecule has 0 bridgehead atoms. The van der Waals surface area contributed by atoms with Crippen LogP contribution in [-0.4, -0.2) is 0 Å². The van der Waals surface area contributed by atoms with E-state index in [1.54, 1.807) is 12.1 Å². The predicted octanol–water partition coefficient (Wildman–Crippen LogP) is 3.84. The van der Waals surface area contributed by atoms with Crippen LogP contribution in [0.5, 0.6) is 0 Å². The van der Waals surface area contributed by atoms with Crippen LogP contribution in [0.15, 0.2) is 29.6 Å². The van der Waals surface area contributed by atoms with Gasteiger partial charge in [-0.2, -0.15) is 0 Å². The van der Waals surface area contributed by atoms with E-state index in [0.717, 1.165) is 4.70 Å². The molecule has 0 N–H and O–H groups in total. The van der Waals surface area contributed by atoms with E-state index in [1.165, 1.54) is 17.4 Å². The van der Waals surface area contributed by atoms with Crippen molar-refractivity contribution in [1.82, 2.24) is 0 Å². The average Bonchev–Trinajstić information content (AvgIpc) is 2.49. The summed E-state index contributed by atoms with van der Waals surface area (Å²) in [6, 6.07) is 6.73. The van der Waals surface area contributed by atoms with Gasteiger partial charge in [-0.25, -0.2) is 8.78 Å². The fourth-order valence-corrected chi connectivity index (χ4v) is 2.03. The first-order valence-electron chi connectivity index (χ1n) is 3.53. The van der Waals surface area contributed by atoms with Gasteiger partial charge >= 0.3 is 0 Å². The molecule has 1 aromatic heterocycles. The van der Waals surface area contributed by atoms with Crippen molar-refractivity contribution in [3.8, 4) is 0 Å². The molecule has 0 saturated carbocycles. The lowest BCUT2D eigenvalue weighted by molar-refractivity contribution is 0.153. The highest BCUT2D eigenvalue weighted by molar-refractivity contribution is 7.17. The Labute approximate surface area is 72.4 Å². The number of fused-ring (bicyclic) bond motifs is 1. The van der Waals surface area contributed by atoms with Crippen molar-refractivity contribution < 1.29 is 8.78 Å². The zero-order valence-corrected chi connectivity index (χ0v) is 6.94. The second kappa shape index (κ2) is 2.83. The molecule has 0 spiro atoms. The normalized spacial score (nSPS) is 11.2. The summed E-state index contributed by atoms with van der Waals surface area (Å²) in [6.45, 7) is 0. The van der Waals surface area contributed by atoms with E-state index < -0.39 is 6.43 Å². The molecule has 0 unspecified atom stereocenters. The molecule has 0 radical (unpaired) electrons. The van der Waals surface area contributed by atoms with Crippen LogP contribution in [0, 0.1) is 0 Å². The standard InChI is InChI=1S/C9H6F2S/c10-9(11)7-2-1-3-8-6(7)4-5-12-8/h1-5,9H. The molecule has 0 aliphatic rings. The van der Waals surface area contributed by atoms with Crippen molar-refractivity contribution in [3.05, 3.63) is 35.2 Å². The van der Waals surface area contributed by atoms with Crippen LogP contribution in [0.3, 0.4) is 0 Å². The molecule has 0 fully saturated rings. The molecule has 0 saturated heterocycles. The van der Waals surface area contributed by atoms with Gasteiger partial charge in [0.15, 0.2) is 0 Å². The third-order valence-corrected chi connectivity index (χ3v) is 2.65. The lowest BCUT2D eigenvalue weighted by Gasteiger charge is -1.99. The Morgan fingerprint density at radius 3 is 2.75 bits per heavy atom. The van der Waals surface area contributed by atoms with Gasteiger partial charge in [0.1, 0.15) is 0 Å². The van der Waals surface area contributed by atoms with Gasteiger partial charge in [-0.1, -0.05) is 12.1 Å². The van der Waals surface area contributed by atoms with E-state index in [0.29, 0.717) is 5.39 Å². The molecule has 3 heteroatoms. The maximum atomic E-state index is 12.4. The van der Waals surface area contributed by atoms with Crippen LogP contribution in [0.25, 0.3) is 10.1 Å². The first-order valence-corrected chi connectivity index (χ1v) is 4.41. The molecule has 2 aromatic rings. The van der Waals surface area contributed by atoms with Crippen LogP contribution in [-0.2, 0) is 0 Å². The Bertz CT molecular complexity index is 392. The minimum Gasteiger partial charge on any atom is -0.205 e. The van der Waals surface area contributed by atoms with Gasteiger partial charge in [-0.15, -0.1) is 11.3 Å². The van der Waals surface area contributed by atoms with Gasteiger partial charge < -0.3 is 0 Å². The Hall–Kier alpha value is -0.960. The number of halogens is 2.